The molecule has 0 fully saturated rings. The molecular formula is C24H31N3Y. The van der Waals surface area contributed by atoms with Crippen LogP contribution in [0.3, 0.4) is 0 Å². The SMILES string of the molecule is CC1=CC=C2C=CC=CC2C1C.NCNC(N)C1=CC2C=CC=CC2C=C1.[Y]. The Morgan fingerprint density at radius 3 is 2.43 bits per heavy atom. The van der Waals surface area contributed by atoms with Crippen LogP contribution in [0, 0.1) is 23.7 Å². The Bertz CT molecular complexity index is 780. The van der Waals surface area contributed by atoms with Gasteiger partial charge >= 0.3 is 0 Å². The van der Waals surface area contributed by atoms with Crippen molar-refractivity contribution >= 4 is 0 Å². The second kappa shape index (κ2) is 11.2. The topological polar surface area (TPSA) is 64.1 Å². The zero-order valence-corrected chi connectivity index (χ0v) is 19.7. The third-order valence-electron chi connectivity index (χ3n) is 5.71. The fraction of sp³-hybridized carbons (Fsp3) is 0.333. The summed E-state index contributed by atoms with van der Waals surface area (Å²) < 4.78 is 0. The van der Waals surface area contributed by atoms with Crippen molar-refractivity contribution in [1.82, 2.24) is 5.32 Å². The fourth-order valence-electron chi connectivity index (χ4n) is 3.81. The first-order valence-corrected chi connectivity index (χ1v) is 9.77. The minimum Gasteiger partial charge on any atom is -0.318 e. The van der Waals surface area contributed by atoms with E-state index >= 15 is 0 Å². The first-order chi connectivity index (χ1) is 13.1. The van der Waals surface area contributed by atoms with Crippen molar-refractivity contribution in [3.05, 3.63) is 95.7 Å². The summed E-state index contributed by atoms with van der Waals surface area (Å²) in [6, 6.07) is 0. The molecule has 0 saturated carbocycles. The molecule has 0 bridgehead atoms. The Balaban J connectivity index is 0.000000198. The van der Waals surface area contributed by atoms with Gasteiger partial charge in [-0.1, -0.05) is 91.5 Å². The van der Waals surface area contributed by atoms with E-state index in [1.807, 2.05) is 0 Å². The van der Waals surface area contributed by atoms with Gasteiger partial charge in [0.25, 0.3) is 0 Å². The van der Waals surface area contributed by atoms with Crippen LogP contribution in [0.5, 0.6) is 0 Å². The van der Waals surface area contributed by atoms with E-state index in [2.05, 4.69) is 98.2 Å². The molecule has 5 unspecified atom stereocenters. The van der Waals surface area contributed by atoms with Crippen molar-refractivity contribution in [2.75, 3.05) is 6.67 Å². The fourth-order valence-corrected chi connectivity index (χ4v) is 3.81. The third-order valence-corrected chi connectivity index (χ3v) is 5.71. The van der Waals surface area contributed by atoms with Crippen LogP contribution in [0.15, 0.2) is 95.7 Å². The van der Waals surface area contributed by atoms with Crippen LogP contribution in [0.2, 0.25) is 0 Å². The number of allylic oxidation sites excluding steroid dienone is 14. The van der Waals surface area contributed by atoms with Crippen LogP contribution in [0.4, 0.5) is 0 Å². The van der Waals surface area contributed by atoms with Crippen LogP contribution in [0.25, 0.3) is 0 Å². The molecule has 0 heterocycles. The summed E-state index contributed by atoms with van der Waals surface area (Å²) in [6.07, 6.45) is 28.1. The number of nitrogens with one attached hydrogen (secondary N) is 1. The van der Waals surface area contributed by atoms with Gasteiger partial charge in [-0.25, -0.2) is 0 Å². The number of hydrogen-bond donors (Lipinski definition) is 3. The Morgan fingerprint density at radius 1 is 0.964 bits per heavy atom. The molecular weight excluding hydrogens is 419 g/mol. The molecule has 0 amide bonds. The second-order valence-corrected chi connectivity index (χ2v) is 7.47. The molecule has 4 heteroatoms. The van der Waals surface area contributed by atoms with Gasteiger partial charge in [0.05, 0.1) is 6.17 Å². The zero-order chi connectivity index (χ0) is 19.2. The molecule has 5 atom stereocenters. The zero-order valence-electron chi connectivity index (χ0n) is 16.8. The number of nitrogens with two attached hydrogens (primary N) is 2. The van der Waals surface area contributed by atoms with E-state index in [9.17, 15) is 0 Å². The maximum atomic E-state index is 5.93. The summed E-state index contributed by atoms with van der Waals surface area (Å²) in [4.78, 5) is 0. The molecule has 5 N–H and O–H groups in total. The van der Waals surface area contributed by atoms with E-state index in [-0.39, 0.29) is 38.9 Å². The first-order valence-electron chi connectivity index (χ1n) is 9.77. The summed E-state index contributed by atoms with van der Waals surface area (Å²) in [7, 11) is 0. The summed E-state index contributed by atoms with van der Waals surface area (Å²) in [6.45, 7) is 4.91. The molecule has 0 aromatic rings. The van der Waals surface area contributed by atoms with E-state index < -0.39 is 0 Å². The minimum absolute atomic E-state index is 0. The minimum atomic E-state index is -0.161. The van der Waals surface area contributed by atoms with Gasteiger partial charge in [-0.3, -0.25) is 5.32 Å². The maximum absolute atomic E-state index is 5.93. The molecule has 4 rings (SSSR count). The Hall–Kier alpha value is -1.10. The average molecular weight is 450 g/mol. The van der Waals surface area contributed by atoms with Crippen LogP contribution < -0.4 is 16.8 Å². The van der Waals surface area contributed by atoms with Crippen LogP contribution in [-0.2, 0) is 32.7 Å². The molecule has 1 radical (unpaired) electrons. The predicted molar refractivity (Wildman–Crippen MR) is 115 cm³/mol. The van der Waals surface area contributed by atoms with Gasteiger partial charge < -0.3 is 11.5 Å². The molecule has 0 spiro atoms. The summed E-state index contributed by atoms with van der Waals surface area (Å²) in [5.74, 6) is 2.23. The van der Waals surface area contributed by atoms with Crippen molar-refractivity contribution in [2.24, 2.45) is 35.1 Å². The molecule has 4 aliphatic carbocycles. The third kappa shape index (κ3) is 5.71. The van der Waals surface area contributed by atoms with E-state index in [4.69, 9.17) is 11.5 Å². The molecule has 4 aliphatic rings. The van der Waals surface area contributed by atoms with Gasteiger partial charge in [0, 0.05) is 57.1 Å². The number of rotatable bonds is 3. The molecule has 0 aromatic carbocycles. The van der Waals surface area contributed by atoms with Gasteiger partial charge in [-0.05, 0) is 24.0 Å². The molecule has 0 saturated heterocycles. The van der Waals surface area contributed by atoms with Gasteiger partial charge in [0.2, 0.25) is 0 Å². The van der Waals surface area contributed by atoms with Gasteiger partial charge in [-0.2, -0.15) is 0 Å². The van der Waals surface area contributed by atoms with E-state index in [1.165, 1.54) is 11.1 Å². The molecule has 0 aliphatic heterocycles. The number of hydrogen-bond acceptors (Lipinski definition) is 3. The van der Waals surface area contributed by atoms with Crippen molar-refractivity contribution in [3.8, 4) is 0 Å². The smallest absolute Gasteiger partial charge is 0.0816 e. The quantitative estimate of drug-likeness (QED) is 0.572. The average Bonchev–Trinajstić information content (AvgIpc) is 2.71. The molecule has 28 heavy (non-hydrogen) atoms. The van der Waals surface area contributed by atoms with Gasteiger partial charge in [-0.15, -0.1) is 0 Å². The largest absolute Gasteiger partial charge is 0.318 e. The number of fused-ring (bicyclic) bond motifs is 2. The normalized spacial score (nSPS) is 29.9. The Kier molecular flexibility index (Phi) is 9.26. The summed E-state index contributed by atoms with van der Waals surface area (Å²) in [5, 5.41) is 3.00. The van der Waals surface area contributed by atoms with E-state index in [0.29, 0.717) is 30.3 Å². The van der Waals surface area contributed by atoms with Crippen LogP contribution in [0.1, 0.15) is 13.8 Å². The standard InChI is InChI=1S/C12H17N3.C12H14.Y/c13-8-15-12(14)11-6-5-9-3-1-2-4-10(9)7-11;1-9-7-8-11-5-3-4-6-12(11)10(9)2;/h1-7,9-10,12,15H,8,13-14H2;3-8,10,12H,1-2H3;. The van der Waals surface area contributed by atoms with Gasteiger partial charge in [0.15, 0.2) is 0 Å². The predicted octanol–water partition coefficient (Wildman–Crippen LogP) is 3.88. The van der Waals surface area contributed by atoms with Crippen LogP contribution >= 0.6 is 0 Å². The Labute approximate surface area is 194 Å². The van der Waals surface area contributed by atoms with Gasteiger partial charge in [0.1, 0.15) is 0 Å². The van der Waals surface area contributed by atoms with Crippen molar-refractivity contribution in [3.63, 3.8) is 0 Å². The van der Waals surface area contributed by atoms with Crippen molar-refractivity contribution in [2.45, 2.75) is 20.0 Å². The summed E-state index contributed by atoms with van der Waals surface area (Å²) >= 11 is 0. The van der Waals surface area contributed by atoms with Crippen LogP contribution in [-0.4, -0.2) is 12.8 Å². The molecule has 3 nitrogen and oxygen atoms in total. The second-order valence-electron chi connectivity index (χ2n) is 7.47. The monoisotopic (exact) mass is 450 g/mol. The van der Waals surface area contributed by atoms with Crippen molar-refractivity contribution in [1.29, 1.82) is 0 Å². The van der Waals surface area contributed by atoms with Crippen molar-refractivity contribution < 1.29 is 32.7 Å². The van der Waals surface area contributed by atoms with E-state index in [1.54, 1.807) is 0 Å². The Morgan fingerprint density at radius 2 is 1.68 bits per heavy atom. The van der Waals surface area contributed by atoms with E-state index in [0.717, 1.165) is 5.57 Å². The first kappa shape index (κ1) is 23.2. The maximum Gasteiger partial charge on any atom is 0.0816 e. The summed E-state index contributed by atoms with van der Waals surface area (Å²) in [5.41, 5.74) is 15.4. The molecule has 0 aromatic heterocycles. The molecule has 145 valence electrons.